The van der Waals surface area contributed by atoms with Gasteiger partial charge < -0.3 is 5.73 Å². The predicted octanol–water partition coefficient (Wildman–Crippen LogP) is 2.40. The minimum atomic E-state index is -0.287. The lowest BCUT2D eigenvalue weighted by molar-refractivity contribution is 0.171. The third-order valence-corrected chi connectivity index (χ3v) is 2.67. The molecule has 0 aliphatic rings. The zero-order chi connectivity index (χ0) is 10.7. The molecule has 1 aromatic carbocycles. The monoisotopic (exact) mass is 310 g/mol. The van der Waals surface area contributed by atoms with Crippen LogP contribution in [-0.4, -0.2) is 13.7 Å². The molecule has 0 amide bonds. The van der Waals surface area contributed by atoms with Gasteiger partial charge in [0.05, 0.1) is 22.1 Å². The molecule has 5 heteroatoms. The molecule has 0 aliphatic heterocycles. The fourth-order valence-electron chi connectivity index (χ4n) is 1.17. The van der Waals surface area contributed by atoms with Crippen LogP contribution < -0.4 is 10.8 Å². The minimum absolute atomic E-state index is 0.287. The van der Waals surface area contributed by atoms with E-state index >= 15 is 0 Å². The molecule has 0 spiro atoms. The summed E-state index contributed by atoms with van der Waals surface area (Å²) in [5.74, 6) is -0.287. The van der Waals surface area contributed by atoms with Gasteiger partial charge >= 0.3 is 0 Å². The Hall–Kier alpha value is -0.560. The van der Waals surface area contributed by atoms with Crippen LogP contribution in [0.3, 0.4) is 0 Å². The van der Waals surface area contributed by atoms with Crippen LogP contribution in [0.5, 0.6) is 0 Å². The third kappa shape index (κ3) is 2.27. The summed E-state index contributed by atoms with van der Waals surface area (Å²) in [4.78, 5) is 5.05. The highest BCUT2D eigenvalue weighted by Crippen LogP contribution is 2.27. The van der Waals surface area contributed by atoms with Gasteiger partial charge in [-0.25, -0.2) is 4.39 Å². The van der Waals surface area contributed by atoms with Crippen molar-refractivity contribution >= 4 is 34.0 Å². The van der Waals surface area contributed by atoms with Crippen LogP contribution in [0, 0.1) is 9.39 Å². The highest BCUT2D eigenvalue weighted by atomic mass is 127. The van der Waals surface area contributed by atoms with E-state index in [0.29, 0.717) is 21.5 Å². The summed E-state index contributed by atoms with van der Waals surface area (Å²) >= 11 is 1.90. The molecule has 78 valence electrons. The van der Waals surface area contributed by atoms with Crippen LogP contribution in [0.2, 0.25) is 0 Å². The molecule has 0 aliphatic carbocycles. The molecule has 0 saturated carbocycles. The lowest BCUT2D eigenvalue weighted by Gasteiger charge is -2.21. The molecule has 0 atom stereocenters. The van der Waals surface area contributed by atoms with Crippen molar-refractivity contribution in [2.45, 2.75) is 6.92 Å². The van der Waals surface area contributed by atoms with Gasteiger partial charge in [-0.2, -0.15) is 0 Å². The first-order valence-electron chi connectivity index (χ1n) is 4.16. The normalized spacial score (nSPS) is 10.3. The predicted molar refractivity (Wildman–Crippen MR) is 63.6 cm³/mol. The van der Waals surface area contributed by atoms with Crippen molar-refractivity contribution in [1.29, 1.82) is 0 Å². The second kappa shape index (κ2) is 4.79. The summed E-state index contributed by atoms with van der Waals surface area (Å²) in [6.45, 7) is 2.51. The number of nitrogens with two attached hydrogens (primary N) is 1. The van der Waals surface area contributed by atoms with Gasteiger partial charge in [-0.1, -0.05) is 0 Å². The number of nitrogens with zero attached hydrogens (tertiary/aromatic N) is 1. The molecule has 0 unspecified atom stereocenters. The molecule has 0 heterocycles. The van der Waals surface area contributed by atoms with Gasteiger partial charge in [-0.05, 0) is 35.6 Å². The maximum atomic E-state index is 13.2. The van der Waals surface area contributed by atoms with Crippen LogP contribution >= 0.6 is 22.6 Å². The maximum Gasteiger partial charge on any atom is 0.138 e. The van der Waals surface area contributed by atoms with Gasteiger partial charge in [0.25, 0.3) is 0 Å². The SMILES string of the molecule is CCN(OC)c1cc(F)c(I)cc1N. The molecule has 0 bridgehead atoms. The van der Waals surface area contributed by atoms with E-state index in [4.69, 9.17) is 10.6 Å². The number of nitrogen functional groups attached to an aromatic ring is 1. The molecule has 0 aromatic heterocycles. The average Bonchev–Trinajstić information content (AvgIpc) is 2.15. The number of hydrogen-bond donors (Lipinski definition) is 1. The lowest BCUT2D eigenvalue weighted by Crippen LogP contribution is -2.22. The molecule has 1 aromatic rings. The number of rotatable bonds is 3. The van der Waals surface area contributed by atoms with E-state index in [0.717, 1.165) is 0 Å². The first-order valence-corrected chi connectivity index (χ1v) is 5.24. The third-order valence-electron chi connectivity index (χ3n) is 1.85. The topological polar surface area (TPSA) is 38.5 Å². The number of hydroxylamine groups is 1. The Labute approximate surface area is 96.1 Å². The summed E-state index contributed by atoms with van der Waals surface area (Å²) in [6.07, 6.45) is 0. The Balaban J connectivity index is 3.14. The van der Waals surface area contributed by atoms with Crippen LogP contribution in [0.15, 0.2) is 12.1 Å². The van der Waals surface area contributed by atoms with Crippen molar-refractivity contribution in [2.75, 3.05) is 24.5 Å². The van der Waals surface area contributed by atoms with Crippen molar-refractivity contribution in [3.8, 4) is 0 Å². The Morgan fingerprint density at radius 2 is 2.21 bits per heavy atom. The summed E-state index contributed by atoms with van der Waals surface area (Å²) in [5.41, 5.74) is 6.83. The second-order valence-corrected chi connectivity index (χ2v) is 3.86. The van der Waals surface area contributed by atoms with Crippen LogP contribution in [0.1, 0.15) is 6.92 Å². The minimum Gasteiger partial charge on any atom is -0.397 e. The number of benzene rings is 1. The van der Waals surface area contributed by atoms with Crippen LogP contribution in [0.25, 0.3) is 0 Å². The van der Waals surface area contributed by atoms with Crippen LogP contribution in [-0.2, 0) is 4.84 Å². The summed E-state index contributed by atoms with van der Waals surface area (Å²) in [6, 6.07) is 2.97. The van der Waals surface area contributed by atoms with E-state index in [1.807, 2.05) is 29.5 Å². The highest BCUT2D eigenvalue weighted by molar-refractivity contribution is 14.1. The van der Waals surface area contributed by atoms with Gasteiger partial charge in [-0.3, -0.25) is 9.90 Å². The molecule has 0 fully saturated rings. The van der Waals surface area contributed by atoms with Crippen molar-refractivity contribution in [1.82, 2.24) is 0 Å². The van der Waals surface area contributed by atoms with Gasteiger partial charge in [0.15, 0.2) is 0 Å². The number of anilines is 2. The van der Waals surface area contributed by atoms with E-state index in [-0.39, 0.29) is 5.82 Å². The lowest BCUT2D eigenvalue weighted by atomic mass is 10.2. The van der Waals surface area contributed by atoms with E-state index < -0.39 is 0 Å². The smallest absolute Gasteiger partial charge is 0.138 e. The summed E-state index contributed by atoms with van der Waals surface area (Å²) < 4.78 is 13.8. The van der Waals surface area contributed by atoms with Crippen molar-refractivity contribution in [3.63, 3.8) is 0 Å². The molecule has 14 heavy (non-hydrogen) atoms. The Morgan fingerprint density at radius 1 is 1.57 bits per heavy atom. The zero-order valence-corrected chi connectivity index (χ0v) is 10.2. The van der Waals surface area contributed by atoms with Gasteiger partial charge in [0.2, 0.25) is 0 Å². The summed E-state index contributed by atoms with van der Waals surface area (Å²) in [7, 11) is 1.53. The Morgan fingerprint density at radius 3 is 2.71 bits per heavy atom. The largest absolute Gasteiger partial charge is 0.397 e. The second-order valence-electron chi connectivity index (χ2n) is 2.70. The Kier molecular flexibility index (Phi) is 3.94. The van der Waals surface area contributed by atoms with Gasteiger partial charge in [0.1, 0.15) is 5.82 Å². The van der Waals surface area contributed by atoms with Crippen molar-refractivity contribution < 1.29 is 9.23 Å². The average molecular weight is 310 g/mol. The van der Waals surface area contributed by atoms with E-state index in [9.17, 15) is 4.39 Å². The van der Waals surface area contributed by atoms with Crippen molar-refractivity contribution in [2.24, 2.45) is 0 Å². The molecule has 2 N–H and O–H groups in total. The molecular formula is C9H12FIN2O. The zero-order valence-electron chi connectivity index (χ0n) is 8.05. The maximum absolute atomic E-state index is 13.2. The van der Waals surface area contributed by atoms with E-state index in [2.05, 4.69) is 0 Å². The molecule has 1 rings (SSSR count). The molecule has 3 nitrogen and oxygen atoms in total. The standard InChI is InChI=1S/C9H12FIN2O/c1-3-13(14-2)9-4-6(10)7(11)5-8(9)12/h4-5H,3,12H2,1-2H3. The van der Waals surface area contributed by atoms with Gasteiger partial charge in [-0.15, -0.1) is 0 Å². The fraction of sp³-hybridized carbons (Fsp3) is 0.333. The van der Waals surface area contributed by atoms with Gasteiger partial charge in [0, 0.05) is 12.6 Å². The van der Waals surface area contributed by atoms with E-state index in [1.54, 1.807) is 6.07 Å². The number of hydrogen-bond acceptors (Lipinski definition) is 3. The quantitative estimate of drug-likeness (QED) is 0.529. The molecule has 0 radical (unpaired) electrons. The Bertz CT molecular complexity index is 329. The molecular weight excluding hydrogens is 298 g/mol. The van der Waals surface area contributed by atoms with E-state index in [1.165, 1.54) is 18.2 Å². The molecule has 0 saturated heterocycles. The van der Waals surface area contributed by atoms with Crippen LogP contribution in [0.4, 0.5) is 15.8 Å². The first-order chi connectivity index (χ1) is 6.60. The fourth-order valence-corrected chi connectivity index (χ4v) is 1.66. The number of halogens is 2. The van der Waals surface area contributed by atoms with Crippen molar-refractivity contribution in [3.05, 3.63) is 21.5 Å². The first kappa shape index (κ1) is 11.5. The summed E-state index contributed by atoms with van der Waals surface area (Å²) in [5, 5.41) is 1.54. The highest BCUT2D eigenvalue weighted by Gasteiger charge is 2.11.